The highest BCUT2D eigenvalue weighted by molar-refractivity contribution is 5.78. The van der Waals surface area contributed by atoms with Gasteiger partial charge in [0.1, 0.15) is 0 Å². The minimum atomic E-state index is 0.650. The Morgan fingerprint density at radius 1 is 1.45 bits per heavy atom. The van der Waals surface area contributed by atoms with Crippen LogP contribution in [-0.4, -0.2) is 24.3 Å². The van der Waals surface area contributed by atoms with E-state index >= 15 is 0 Å². The summed E-state index contributed by atoms with van der Waals surface area (Å²) in [5, 5.41) is 7.61. The highest BCUT2D eigenvalue weighted by Crippen LogP contribution is 2.00. The van der Waals surface area contributed by atoms with Crippen molar-refractivity contribution in [3.8, 4) is 0 Å². The van der Waals surface area contributed by atoms with Crippen LogP contribution in [0.25, 0.3) is 0 Å². The molecule has 0 unspecified atom stereocenters. The summed E-state index contributed by atoms with van der Waals surface area (Å²) in [6, 6.07) is 0. The van der Waals surface area contributed by atoms with Gasteiger partial charge >= 0.3 is 0 Å². The number of hydrogen-bond donors (Lipinski definition) is 1. The summed E-state index contributed by atoms with van der Waals surface area (Å²) in [7, 11) is 2.00. The molecular weight excluding hydrogens is 136 g/mol. The monoisotopic (exact) mass is 156 g/mol. The first-order chi connectivity index (χ1) is 5.07. The zero-order chi connectivity index (χ0) is 8.85. The molecule has 0 aliphatic heterocycles. The largest absolute Gasteiger partial charge is 0.363 e. The molecular formula is C9H20N2. The third kappa shape index (κ3) is 4.82. The third-order valence-electron chi connectivity index (χ3n) is 1.59. The fourth-order valence-electron chi connectivity index (χ4n) is 1.09. The van der Waals surface area contributed by atoms with Crippen molar-refractivity contribution in [1.82, 2.24) is 4.90 Å². The Morgan fingerprint density at radius 3 is 2.36 bits per heavy atom. The van der Waals surface area contributed by atoms with Crippen LogP contribution in [0.4, 0.5) is 0 Å². The molecule has 0 fully saturated rings. The molecule has 0 atom stereocenters. The lowest BCUT2D eigenvalue weighted by Crippen LogP contribution is -2.29. The second kappa shape index (κ2) is 5.16. The molecule has 11 heavy (non-hydrogen) atoms. The number of rotatable bonds is 4. The molecule has 2 nitrogen and oxygen atoms in total. The van der Waals surface area contributed by atoms with Gasteiger partial charge in [-0.05, 0) is 12.3 Å². The average molecular weight is 156 g/mol. The van der Waals surface area contributed by atoms with Crippen molar-refractivity contribution in [3.05, 3.63) is 0 Å². The summed E-state index contributed by atoms with van der Waals surface area (Å²) < 4.78 is 0. The summed E-state index contributed by atoms with van der Waals surface area (Å²) in [6.45, 7) is 7.46. The first-order valence-corrected chi connectivity index (χ1v) is 4.36. The van der Waals surface area contributed by atoms with Gasteiger partial charge in [-0.2, -0.15) is 0 Å². The molecule has 0 aliphatic rings. The van der Waals surface area contributed by atoms with E-state index in [4.69, 9.17) is 5.41 Å². The smallest absolute Gasteiger partial charge is 0.0955 e. The maximum absolute atomic E-state index is 7.61. The van der Waals surface area contributed by atoms with Gasteiger partial charge in [0.25, 0.3) is 0 Å². The van der Waals surface area contributed by atoms with E-state index in [1.807, 2.05) is 11.9 Å². The average Bonchev–Trinajstić information content (AvgIpc) is 1.86. The molecule has 0 heterocycles. The molecule has 0 aromatic rings. The van der Waals surface area contributed by atoms with Crippen molar-refractivity contribution in [2.45, 2.75) is 33.6 Å². The van der Waals surface area contributed by atoms with Gasteiger partial charge in [0.2, 0.25) is 0 Å². The van der Waals surface area contributed by atoms with Crippen LogP contribution in [-0.2, 0) is 0 Å². The Morgan fingerprint density at radius 2 is 2.00 bits per heavy atom. The van der Waals surface area contributed by atoms with E-state index in [2.05, 4.69) is 20.8 Å². The van der Waals surface area contributed by atoms with Crippen molar-refractivity contribution in [2.24, 2.45) is 5.92 Å². The molecule has 0 amide bonds. The van der Waals surface area contributed by atoms with Gasteiger partial charge in [0, 0.05) is 20.0 Å². The van der Waals surface area contributed by atoms with Gasteiger partial charge in [-0.3, -0.25) is 5.41 Å². The second-order valence-electron chi connectivity index (χ2n) is 3.47. The quantitative estimate of drug-likeness (QED) is 0.491. The van der Waals surface area contributed by atoms with Gasteiger partial charge in [0.15, 0.2) is 0 Å². The Hall–Kier alpha value is -0.530. The molecule has 0 rings (SSSR count). The normalized spacial score (nSPS) is 10.3. The standard InChI is InChI=1S/C9H20N2/c1-5-6-9(10)11(4)7-8(2)3/h8,10H,5-7H2,1-4H3. The molecule has 0 aromatic carbocycles. The highest BCUT2D eigenvalue weighted by atomic mass is 15.1. The molecule has 0 radical (unpaired) electrons. The van der Waals surface area contributed by atoms with Crippen LogP contribution in [0, 0.1) is 11.3 Å². The van der Waals surface area contributed by atoms with Crippen molar-refractivity contribution in [2.75, 3.05) is 13.6 Å². The molecule has 1 N–H and O–H groups in total. The fraction of sp³-hybridized carbons (Fsp3) is 0.889. The van der Waals surface area contributed by atoms with E-state index in [0.717, 1.165) is 25.2 Å². The SMILES string of the molecule is CCCC(=N)N(C)CC(C)C. The first kappa shape index (κ1) is 10.5. The molecule has 0 saturated carbocycles. The Bertz CT molecular complexity index is 119. The van der Waals surface area contributed by atoms with E-state index in [1.165, 1.54) is 0 Å². The predicted molar refractivity (Wildman–Crippen MR) is 50.1 cm³/mol. The Balaban J connectivity index is 3.64. The topological polar surface area (TPSA) is 27.1 Å². The lowest BCUT2D eigenvalue weighted by Gasteiger charge is -2.21. The van der Waals surface area contributed by atoms with Crippen LogP contribution in [0.15, 0.2) is 0 Å². The van der Waals surface area contributed by atoms with Gasteiger partial charge in [-0.15, -0.1) is 0 Å². The summed E-state index contributed by atoms with van der Waals surface area (Å²) in [6.07, 6.45) is 1.98. The van der Waals surface area contributed by atoms with E-state index in [9.17, 15) is 0 Å². The Kier molecular flexibility index (Phi) is 4.92. The molecule has 0 spiro atoms. The molecule has 0 bridgehead atoms. The zero-order valence-corrected chi connectivity index (χ0v) is 8.15. The number of nitrogens with zero attached hydrogens (tertiary/aromatic N) is 1. The van der Waals surface area contributed by atoms with Crippen LogP contribution >= 0.6 is 0 Å². The summed E-state index contributed by atoms with van der Waals surface area (Å²) in [4.78, 5) is 2.04. The van der Waals surface area contributed by atoms with Gasteiger partial charge in [-0.1, -0.05) is 20.8 Å². The minimum Gasteiger partial charge on any atom is -0.363 e. The summed E-state index contributed by atoms with van der Waals surface area (Å²) >= 11 is 0. The number of hydrogen-bond acceptors (Lipinski definition) is 1. The lowest BCUT2D eigenvalue weighted by molar-refractivity contribution is 0.415. The van der Waals surface area contributed by atoms with Crippen molar-refractivity contribution < 1.29 is 0 Å². The van der Waals surface area contributed by atoms with Crippen LogP contribution in [0.3, 0.4) is 0 Å². The van der Waals surface area contributed by atoms with Gasteiger partial charge < -0.3 is 4.90 Å². The fourth-order valence-corrected chi connectivity index (χ4v) is 1.09. The minimum absolute atomic E-state index is 0.650. The maximum Gasteiger partial charge on any atom is 0.0955 e. The third-order valence-corrected chi connectivity index (χ3v) is 1.59. The van der Waals surface area contributed by atoms with E-state index in [0.29, 0.717) is 5.92 Å². The number of amidine groups is 1. The summed E-state index contributed by atoms with van der Waals surface area (Å²) in [5.74, 6) is 1.42. The van der Waals surface area contributed by atoms with Gasteiger partial charge in [-0.25, -0.2) is 0 Å². The van der Waals surface area contributed by atoms with Gasteiger partial charge in [0.05, 0.1) is 5.84 Å². The highest BCUT2D eigenvalue weighted by Gasteiger charge is 2.04. The molecule has 0 aliphatic carbocycles. The second-order valence-corrected chi connectivity index (χ2v) is 3.47. The van der Waals surface area contributed by atoms with Crippen molar-refractivity contribution in [3.63, 3.8) is 0 Å². The van der Waals surface area contributed by atoms with Crippen molar-refractivity contribution >= 4 is 5.84 Å². The van der Waals surface area contributed by atoms with Crippen molar-refractivity contribution in [1.29, 1.82) is 5.41 Å². The molecule has 2 heteroatoms. The molecule has 0 saturated heterocycles. The van der Waals surface area contributed by atoms with E-state index in [1.54, 1.807) is 0 Å². The number of nitrogens with one attached hydrogen (secondary N) is 1. The van der Waals surface area contributed by atoms with Crippen LogP contribution in [0.2, 0.25) is 0 Å². The summed E-state index contributed by atoms with van der Waals surface area (Å²) in [5.41, 5.74) is 0. The van der Waals surface area contributed by atoms with Crippen LogP contribution in [0.1, 0.15) is 33.6 Å². The van der Waals surface area contributed by atoms with Crippen LogP contribution in [0.5, 0.6) is 0 Å². The Labute approximate surface area is 70.1 Å². The van der Waals surface area contributed by atoms with Crippen LogP contribution < -0.4 is 0 Å². The lowest BCUT2D eigenvalue weighted by atomic mass is 10.2. The molecule has 66 valence electrons. The molecule has 0 aromatic heterocycles. The van der Waals surface area contributed by atoms with E-state index in [-0.39, 0.29) is 0 Å². The first-order valence-electron chi connectivity index (χ1n) is 4.36. The maximum atomic E-state index is 7.61. The zero-order valence-electron chi connectivity index (χ0n) is 8.15. The predicted octanol–water partition coefficient (Wildman–Crippen LogP) is 2.35. The van der Waals surface area contributed by atoms with E-state index < -0.39 is 0 Å².